The standard InChI is InChI=1S/C33H46N6O3/c1-22-9-7-8-10-26(22)27-19-23-20-35-31(37-28(23)38(29(27)40)25-13-17-42-18-14-25)36-24-11-15-39(16-12-24,30(34)41)33(5,6)21-32(2,3)4/h7-10,19-20,24-25H,11-18,21H2,1-6H3,(H2-,34,35,36,37,40,41)/p+1. The summed E-state index contributed by atoms with van der Waals surface area (Å²) in [4.78, 5) is 36.6. The van der Waals surface area contributed by atoms with E-state index < -0.39 is 0 Å². The molecule has 0 aliphatic carbocycles. The number of pyridine rings is 1. The number of aromatic nitrogens is 3. The number of hydrogen-bond acceptors (Lipinski definition) is 6. The minimum atomic E-state index is -0.275. The molecule has 9 heteroatoms. The Hall–Kier alpha value is -3.30. The van der Waals surface area contributed by atoms with Gasteiger partial charge in [-0.15, -0.1) is 0 Å². The van der Waals surface area contributed by atoms with Crippen molar-refractivity contribution >= 4 is 23.0 Å². The number of rotatable bonds is 6. The Balaban J connectivity index is 1.45. The van der Waals surface area contributed by atoms with Crippen LogP contribution in [-0.2, 0) is 4.74 Å². The highest BCUT2D eigenvalue weighted by molar-refractivity contribution is 5.82. The Morgan fingerprint density at radius 3 is 2.36 bits per heavy atom. The van der Waals surface area contributed by atoms with Crippen molar-refractivity contribution in [2.24, 2.45) is 11.1 Å². The molecule has 3 N–H and O–H groups in total. The summed E-state index contributed by atoms with van der Waals surface area (Å²) in [5, 5.41) is 4.37. The molecule has 2 aromatic heterocycles. The Bertz CT molecular complexity index is 1510. The van der Waals surface area contributed by atoms with Crippen LogP contribution in [0.5, 0.6) is 0 Å². The lowest BCUT2D eigenvalue weighted by Crippen LogP contribution is -2.70. The van der Waals surface area contributed by atoms with E-state index in [9.17, 15) is 9.59 Å². The summed E-state index contributed by atoms with van der Waals surface area (Å²) in [7, 11) is 0. The van der Waals surface area contributed by atoms with Crippen molar-refractivity contribution in [2.45, 2.75) is 91.3 Å². The number of quaternary nitrogens is 1. The van der Waals surface area contributed by atoms with Crippen molar-refractivity contribution in [1.82, 2.24) is 14.5 Å². The minimum Gasteiger partial charge on any atom is -0.381 e. The quantitative estimate of drug-likeness (QED) is 0.359. The molecule has 3 aromatic rings. The highest BCUT2D eigenvalue weighted by atomic mass is 16.5. The average molecular weight is 576 g/mol. The van der Waals surface area contributed by atoms with Gasteiger partial charge >= 0.3 is 6.03 Å². The third-order valence-corrected chi connectivity index (χ3v) is 9.36. The summed E-state index contributed by atoms with van der Waals surface area (Å²) in [5.41, 5.74) is 9.15. The molecule has 1 aromatic carbocycles. The number of carbonyl (C=O) groups excluding carboxylic acids is 1. The number of piperidine rings is 1. The van der Waals surface area contributed by atoms with Crippen molar-refractivity contribution in [3.05, 3.63) is 52.4 Å². The first-order valence-electron chi connectivity index (χ1n) is 15.3. The average Bonchev–Trinajstić information content (AvgIpc) is 2.92. The van der Waals surface area contributed by atoms with Crippen LogP contribution in [0.25, 0.3) is 22.2 Å². The number of primary amides is 1. The minimum absolute atomic E-state index is 0.00804. The van der Waals surface area contributed by atoms with Crippen LogP contribution in [0.4, 0.5) is 10.7 Å². The van der Waals surface area contributed by atoms with Crippen LogP contribution >= 0.6 is 0 Å². The van der Waals surface area contributed by atoms with Crippen molar-refractivity contribution < 1.29 is 14.0 Å². The summed E-state index contributed by atoms with van der Waals surface area (Å²) in [6.07, 6.45) is 5.79. The number of urea groups is 1. The number of nitrogens with zero attached hydrogens (tertiary/aromatic N) is 4. The van der Waals surface area contributed by atoms with Gasteiger partial charge in [-0.25, -0.2) is 14.3 Å². The molecule has 0 bridgehead atoms. The highest BCUT2D eigenvalue weighted by Crippen LogP contribution is 2.39. The number of amides is 2. The third-order valence-electron chi connectivity index (χ3n) is 9.36. The molecule has 2 aliphatic heterocycles. The molecule has 2 fully saturated rings. The zero-order valence-electron chi connectivity index (χ0n) is 26.1. The molecule has 9 nitrogen and oxygen atoms in total. The van der Waals surface area contributed by atoms with E-state index in [2.05, 4.69) is 44.9 Å². The second-order valence-corrected chi connectivity index (χ2v) is 14.1. The van der Waals surface area contributed by atoms with Crippen molar-refractivity contribution in [3.63, 3.8) is 0 Å². The number of aryl methyl sites for hydroxylation is 1. The molecular formula is C33H47N6O3+. The summed E-state index contributed by atoms with van der Waals surface area (Å²) in [6.45, 7) is 15.6. The summed E-state index contributed by atoms with van der Waals surface area (Å²) in [5.74, 6) is 0.504. The summed E-state index contributed by atoms with van der Waals surface area (Å²) >= 11 is 0. The van der Waals surface area contributed by atoms with Gasteiger partial charge in [0.25, 0.3) is 5.56 Å². The molecule has 0 atom stereocenters. The van der Waals surface area contributed by atoms with E-state index in [0.717, 1.165) is 48.6 Å². The van der Waals surface area contributed by atoms with E-state index in [1.54, 1.807) is 0 Å². The fourth-order valence-corrected chi connectivity index (χ4v) is 7.45. The fraction of sp³-hybridized carbons (Fsp3) is 0.576. The number of fused-ring (bicyclic) bond motifs is 1. The molecule has 5 rings (SSSR count). The van der Waals surface area contributed by atoms with Gasteiger partial charge in [0.15, 0.2) is 0 Å². The molecule has 226 valence electrons. The monoisotopic (exact) mass is 575 g/mol. The van der Waals surface area contributed by atoms with Gasteiger partial charge in [0.05, 0.1) is 13.1 Å². The molecule has 0 saturated carbocycles. The number of carbonyl (C=O) groups is 1. The van der Waals surface area contributed by atoms with Gasteiger partial charge in [0.1, 0.15) is 11.2 Å². The first-order valence-corrected chi connectivity index (χ1v) is 15.3. The molecule has 2 saturated heterocycles. The SMILES string of the molecule is Cc1ccccc1-c1cc2cnc(NC3CC[N+](C(N)=O)(C(C)(C)CC(C)(C)C)CC3)nc2n(C2CCOCC2)c1=O. The van der Waals surface area contributed by atoms with Gasteiger partial charge in [-0.2, -0.15) is 4.98 Å². The van der Waals surface area contributed by atoms with Crippen molar-refractivity contribution in [1.29, 1.82) is 0 Å². The number of nitrogens with one attached hydrogen (secondary N) is 1. The van der Waals surface area contributed by atoms with E-state index >= 15 is 0 Å². The van der Waals surface area contributed by atoms with Gasteiger partial charge in [-0.1, -0.05) is 45.0 Å². The predicted molar refractivity (Wildman–Crippen MR) is 167 cm³/mol. The first-order chi connectivity index (χ1) is 19.8. The maximum absolute atomic E-state index is 14.1. The van der Waals surface area contributed by atoms with Crippen LogP contribution in [0.2, 0.25) is 0 Å². The molecule has 0 unspecified atom stereocenters. The highest BCUT2D eigenvalue weighted by Gasteiger charge is 2.52. The fourth-order valence-electron chi connectivity index (χ4n) is 7.45. The second-order valence-electron chi connectivity index (χ2n) is 14.1. The van der Waals surface area contributed by atoms with Gasteiger partial charge in [-0.3, -0.25) is 9.36 Å². The first kappa shape index (κ1) is 30.2. The van der Waals surface area contributed by atoms with Crippen LogP contribution in [0.15, 0.2) is 41.3 Å². The smallest absolute Gasteiger partial charge is 0.381 e. The maximum Gasteiger partial charge on any atom is 0.414 e. The molecular weight excluding hydrogens is 528 g/mol. The predicted octanol–water partition coefficient (Wildman–Crippen LogP) is 5.80. The second kappa shape index (κ2) is 11.4. The van der Waals surface area contributed by atoms with Crippen molar-refractivity contribution in [3.8, 4) is 11.1 Å². The lowest BCUT2D eigenvalue weighted by molar-refractivity contribution is -0.904. The Kier molecular flexibility index (Phi) is 8.20. The van der Waals surface area contributed by atoms with Crippen LogP contribution < -0.4 is 16.6 Å². The maximum atomic E-state index is 14.1. The Labute approximate surface area is 249 Å². The Morgan fingerprint density at radius 1 is 1.07 bits per heavy atom. The van der Waals surface area contributed by atoms with Gasteiger partial charge in [0.2, 0.25) is 5.95 Å². The number of hydrogen-bond donors (Lipinski definition) is 2. The molecule has 2 aliphatic rings. The summed E-state index contributed by atoms with van der Waals surface area (Å²) < 4.78 is 7.78. The molecule has 0 spiro atoms. The molecule has 4 heterocycles. The largest absolute Gasteiger partial charge is 0.414 e. The number of ether oxygens (including phenoxy) is 1. The zero-order chi connectivity index (χ0) is 30.3. The zero-order valence-corrected chi connectivity index (χ0v) is 26.1. The van der Waals surface area contributed by atoms with Crippen LogP contribution in [0, 0.1) is 12.3 Å². The van der Waals surface area contributed by atoms with Crippen LogP contribution in [-0.4, -0.2) is 62.9 Å². The number of likely N-dealkylation sites (tertiary alicyclic amines) is 1. The summed E-state index contributed by atoms with van der Waals surface area (Å²) in [6, 6.07) is 9.77. The van der Waals surface area contributed by atoms with E-state index in [1.807, 2.05) is 48.0 Å². The number of benzene rings is 1. The molecule has 42 heavy (non-hydrogen) atoms. The van der Waals surface area contributed by atoms with E-state index in [-0.39, 0.29) is 39.1 Å². The lowest BCUT2D eigenvalue weighted by Gasteiger charge is -2.51. The topological polar surface area (TPSA) is 112 Å². The van der Waals surface area contributed by atoms with E-state index in [1.165, 1.54) is 0 Å². The molecule has 0 radical (unpaired) electrons. The number of nitrogens with two attached hydrogens (primary N) is 1. The van der Waals surface area contributed by atoms with Crippen LogP contribution in [0.1, 0.15) is 78.3 Å². The Morgan fingerprint density at radius 2 is 1.74 bits per heavy atom. The third kappa shape index (κ3) is 5.81. The number of anilines is 1. The van der Waals surface area contributed by atoms with E-state index in [4.69, 9.17) is 15.5 Å². The van der Waals surface area contributed by atoms with Crippen molar-refractivity contribution in [2.75, 3.05) is 31.6 Å². The molecule has 2 amide bonds. The van der Waals surface area contributed by atoms with Gasteiger partial charge in [-0.05, 0) is 56.2 Å². The lowest BCUT2D eigenvalue weighted by atomic mass is 9.78. The van der Waals surface area contributed by atoms with Gasteiger partial charge < -0.3 is 15.8 Å². The van der Waals surface area contributed by atoms with Crippen LogP contribution in [0.3, 0.4) is 0 Å². The van der Waals surface area contributed by atoms with E-state index in [0.29, 0.717) is 43.5 Å². The van der Waals surface area contributed by atoms with Gasteiger partial charge in [0, 0.05) is 61.7 Å². The normalized spacial score (nSPS) is 22.3.